The summed E-state index contributed by atoms with van der Waals surface area (Å²) in [6, 6.07) is 4.01. The van der Waals surface area contributed by atoms with Crippen LogP contribution in [0.25, 0.3) is 0 Å². The molecule has 0 unspecified atom stereocenters. The molecule has 1 amide bonds. The highest BCUT2D eigenvalue weighted by Gasteiger charge is 2.35. The average molecular weight is 483 g/mol. The molecule has 7 nitrogen and oxygen atoms in total. The molecule has 1 aliphatic rings. The van der Waals surface area contributed by atoms with Crippen molar-refractivity contribution < 1.29 is 27.1 Å². The number of nitrogens with zero attached hydrogens (tertiary/aromatic N) is 1. The van der Waals surface area contributed by atoms with Crippen LogP contribution in [0.4, 0.5) is 10.1 Å². The number of thiophene rings is 1. The fourth-order valence-corrected chi connectivity index (χ4v) is 6.47. The number of carbonyl (C=O) groups is 2. The number of ether oxygens (including phenoxy) is 1. The molecule has 3 rings (SSSR count). The van der Waals surface area contributed by atoms with Crippen LogP contribution in [-0.4, -0.2) is 38.8 Å². The topological polar surface area (TPSA) is 92.8 Å². The predicted molar refractivity (Wildman–Crippen MR) is 121 cm³/mol. The Morgan fingerprint density at radius 3 is 2.66 bits per heavy atom. The van der Waals surface area contributed by atoms with E-state index in [1.165, 1.54) is 19.2 Å². The van der Waals surface area contributed by atoms with Gasteiger partial charge < -0.3 is 9.64 Å². The van der Waals surface area contributed by atoms with Crippen LogP contribution in [0, 0.1) is 18.7 Å². The molecule has 2 heterocycles. The van der Waals surface area contributed by atoms with E-state index in [0.29, 0.717) is 41.3 Å². The van der Waals surface area contributed by atoms with E-state index in [0.717, 1.165) is 23.8 Å². The first kappa shape index (κ1) is 24.2. The number of hydrogen-bond acceptors (Lipinski definition) is 6. The number of hydrogen-bond donors (Lipinski definition) is 1. The monoisotopic (exact) mass is 482 g/mol. The van der Waals surface area contributed by atoms with Crippen molar-refractivity contribution in [3.05, 3.63) is 45.6 Å². The molecule has 0 saturated carbocycles. The van der Waals surface area contributed by atoms with Crippen LogP contribution in [0.1, 0.15) is 53.1 Å². The van der Waals surface area contributed by atoms with Gasteiger partial charge in [0, 0.05) is 17.8 Å². The number of esters is 1. The number of sulfonamides is 1. The minimum Gasteiger partial charge on any atom is -0.465 e. The van der Waals surface area contributed by atoms with Gasteiger partial charge in [-0.05, 0) is 48.9 Å². The van der Waals surface area contributed by atoms with Gasteiger partial charge in [0.25, 0.3) is 10.0 Å². The first-order valence-electron chi connectivity index (χ1n) is 10.3. The van der Waals surface area contributed by atoms with Crippen LogP contribution in [0.3, 0.4) is 0 Å². The summed E-state index contributed by atoms with van der Waals surface area (Å²) in [5.41, 5.74) is 1.02. The molecule has 0 radical (unpaired) electrons. The molecule has 10 heteroatoms. The highest BCUT2D eigenvalue weighted by Crippen LogP contribution is 2.37. The maximum atomic E-state index is 13.9. The zero-order valence-corrected chi connectivity index (χ0v) is 20.2. The second-order valence-corrected chi connectivity index (χ2v) is 11.2. The van der Waals surface area contributed by atoms with Crippen molar-refractivity contribution in [2.75, 3.05) is 18.4 Å². The second kappa shape index (κ2) is 9.58. The third-order valence-electron chi connectivity index (χ3n) is 5.37. The van der Waals surface area contributed by atoms with Gasteiger partial charge in [0.15, 0.2) is 4.21 Å². The number of anilines is 1. The normalized spacial score (nSPS) is 13.8. The minimum atomic E-state index is -4.18. The zero-order chi connectivity index (χ0) is 23.6. The molecular formula is C22H27FN2O5S2. The van der Waals surface area contributed by atoms with Gasteiger partial charge in [-0.3, -0.25) is 9.52 Å². The molecule has 0 bridgehead atoms. The van der Waals surface area contributed by atoms with E-state index in [4.69, 9.17) is 4.74 Å². The molecule has 0 spiro atoms. The van der Waals surface area contributed by atoms with Crippen molar-refractivity contribution in [1.29, 1.82) is 0 Å². The SMILES string of the molecule is COC(=O)c1c(S(=O)(=O)Nc2ccc(C)c(F)c2)sc2c1CCN(C(=O)CCC(C)C)C2. The number of halogens is 1. The van der Waals surface area contributed by atoms with Crippen molar-refractivity contribution in [1.82, 2.24) is 4.90 Å². The zero-order valence-electron chi connectivity index (χ0n) is 18.5. The molecule has 1 N–H and O–H groups in total. The van der Waals surface area contributed by atoms with Crippen LogP contribution < -0.4 is 4.72 Å². The van der Waals surface area contributed by atoms with E-state index < -0.39 is 21.8 Å². The van der Waals surface area contributed by atoms with Gasteiger partial charge in [-0.25, -0.2) is 17.6 Å². The van der Waals surface area contributed by atoms with E-state index in [1.54, 1.807) is 11.8 Å². The van der Waals surface area contributed by atoms with E-state index in [9.17, 15) is 22.4 Å². The molecule has 1 aromatic heterocycles. The lowest BCUT2D eigenvalue weighted by Crippen LogP contribution is -2.35. The quantitative estimate of drug-likeness (QED) is 0.600. The number of aryl methyl sites for hydroxylation is 1. The van der Waals surface area contributed by atoms with Crippen molar-refractivity contribution in [2.24, 2.45) is 5.92 Å². The Hall–Kier alpha value is -2.46. The molecular weight excluding hydrogens is 455 g/mol. The number of rotatable bonds is 7. The highest BCUT2D eigenvalue weighted by atomic mass is 32.2. The van der Waals surface area contributed by atoms with E-state index in [-0.39, 0.29) is 27.9 Å². The highest BCUT2D eigenvalue weighted by molar-refractivity contribution is 7.94. The molecule has 0 atom stereocenters. The first-order chi connectivity index (χ1) is 15.0. The number of benzene rings is 1. The van der Waals surface area contributed by atoms with Crippen LogP contribution >= 0.6 is 11.3 Å². The van der Waals surface area contributed by atoms with Crippen LogP contribution in [0.2, 0.25) is 0 Å². The Kier molecular flexibility index (Phi) is 7.24. The largest absolute Gasteiger partial charge is 0.465 e. The molecule has 0 fully saturated rings. The Morgan fingerprint density at radius 2 is 2.03 bits per heavy atom. The van der Waals surface area contributed by atoms with Gasteiger partial charge in [-0.15, -0.1) is 11.3 Å². The number of methoxy groups -OCH3 is 1. The summed E-state index contributed by atoms with van der Waals surface area (Å²) in [5, 5.41) is 0. The van der Waals surface area contributed by atoms with E-state index >= 15 is 0 Å². The van der Waals surface area contributed by atoms with Gasteiger partial charge in [0.05, 0.1) is 24.9 Å². The first-order valence-corrected chi connectivity index (χ1v) is 12.6. The minimum absolute atomic E-state index is 0.00929. The second-order valence-electron chi connectivity index (χ2n) is 8.23. The Balaban J connectivity index is 1.94. The summed E-state index contributed by atoms with van der Waals surface area (Å²) in [7, 11) is -2.99. The number of amides is 1. The summed E-state index contributed by atoms with van der Waals surface area (Å²) in [6.07, 6.45) is 1.56. The van der Waals surface area contributed by atoms with Crippen LogP contribution in [0.5, 0.6) is 0 Å². The third-order valence-corrected chi connectivity index (χ3v) is 8.49. The lowest BCUT2D eigenvalue weighted by Gasteiger charge is -2.27. The van der Waals surface area contributed by atoms with Gasteiger partial charge in [-0.1, -0.05) is 19.9 Å². The lowest BCUT2D eigenvalue weighted by atomic mass is 10.0. The molecule has 1 aromatic carbocycles. The Bertz CT molecular complexity index is 1140. The molecule has 174 valence electrons. The lowest BCUT2D eigenvalue weighted by molar-refractivity contribution is -0.132. The number of nitrogens with one attached hydrogen (secondary N) is 1. The van der Waals surface area contributed by atoms with Crippen molar-refractivity contribution >= 4 is 38.9 Å². The fraction of sp³-hybridized carbons (Fsp3) is 0.455. The van der Waals surface area contributed by atoms with Gasteiger partial charge in [0.1, 0.15) is 5.82 Å². The fourth-order valence-electron chi connectivity index (χ4n) is 3.52. The van der Waals surface area contributed by atoms with E-state index in [1.807, 2.05) is 13.8 Å². The molecule has 0 aliphatic carbocycles. The maximum Gasteiger partial charge on any atom is 0.340 e. The summed E-state index contributed by atoms with van der Waals surface area (Å²) >= 11 is 0.946. The smallest absolute Gasteiger partial charge is 0.340 e. The van der Waals surface area contributed by atoms with Crippen molar-refractivity contribution in [3.8, 4) is 0 Å². The average Bonchev–Trinajstić information content (AvgIpc) is 3.13. The molecule has 1 aliphatic heterocycles. The summed E-state index contributed by atoms with van der Waals surface area (Å²) in [5.74, 6) is -0.881. The standard InChI is InChI=1S/C22H27FN2O5S2/c1-13(2)5-8-19(26)25-10-9-16-18(12-25)31-22(20(16)21(27)30-4)32(28,29)24-15-7-6-14(3)17(23)11-15/h6-7,11,13,24H,5,8-10,12H2,1-4H3. The molecule has 0 saturated heterocycles. The number of fused-ring (bicyclic) bond motifs is 1. The molecule has 2 aromatic rings. The maximum absolute atomic E-state index is 13.9. The number of carbonyl (C=O) groups excluding carboxylic acids is 2. The Labute approximate surface area is 191 Å². The summed E-state index contributed by atoms with van der Waals surface area (Å²) in [4.78, 5) is 27.4. The van der Waals surface area contributed by atoms with E-state index in [2.05, 4.69) is 4.72 Å². The summed E-state index contributed by atoms with van der Waals surface area (Å²) < 4.78 is 47.2. The van der Waals surface area contributed by atoms with Crippen LogP contribution in [0.15, 0.2) is 22.4 Å². The Morgan fingerprint density at radius 1 is 1.31 bits per heavy atom. The van der Waals surface area contributed by atoms with Gasteiger partial charge >= 0.3 is 5.97 Å². The van der Waals surface area contributed by atoms with Gasteiger partial charge in [0.2, 0.25) is 5.91 Å². The van der Waals surface area contributed by atoms with Gasteiger partial charge in [-0.2, -0.15) is 0 Å². The van der Waals surface area contributed by atoms with Crippen molar-refractivity contribution in [3.63, 3.8) is 0 Å². The van der Waals surface area contributed by atoms with Crippen molar-refractivity contribution in [2.45, 2.75) is 50.8 Å². The third kappa shape index (κ3) is 5.12. The predicted octanol–water partition coefficient (Wildman–Crippen LogP) is 4.10. The molecule has 32 heavy (non-hydrogen) atoms. The summed E-state index contributed by atoms with van der Waals surface area (Å²) in [6.45, 7) is 6.32. The van der Waals surface area contributed by atoms with Crippen LogP contribution in [-0.2, 0) is 32.5 Å².